The van der Waals surface area contributed by atoms with Gasteiger partial charge in [0.2, 0.25) is 0 Å². The maximum Gasteiger partial charge on any atom is 0.407 e. The number of rotatable bonds is 7. The number of anilines is 1. The predicted molar refractivity (Wildman–Crippen MR) is 196 cm³/mol. The molecule has 1 fully saturated rings. The molecule has 0 spiro atoms. The van der Waals surface area contributed by atoms with E-state index in [2.05, 4.69) is 15.6 Å². The van der Waals surface area contributed by atoms with Crippen LogP contribution in [0.3, 0.4) is 0 Å². The lowest BCUT2D eigenvalue weighted by atomic mass is 9.93. The number of amides is 3. The van der Waals surface area contributed by atoms with Gasteiger partial charge in [-0.1, -0.05) is 12.1 Å². The number of methoxy groups -OCH3 is 1. The number of hydrogen-bond acceptors (Lipinski definition) is 9. The van der Waals surface area contributed by atoms with E-state index >= 15 is 0 Å². The molecule has 0 bridgehead atoms. The fourth-order valence-electron chi connectivity index (χ4n) is 6.47. The largest absolute Gasteiger partial charge is 0.493 e. The molecule has 0 atom stereocenters. The van der Waals surface area contributed by atoms with Crippen LogP contribution in [0, 0.1) is 13.8 Å². The highest BCUT2D eigenvalue weighted by Gasteiger charge is 2.41. The third kappa shape index (κ3) is 8.17. The van der Waals surface area contributed by atoms with Crippen LogP contribution in [0.2, 0.25) is 0 Å². The Balaban J connectivity index is 1.40. The second kappa shape index (κ2) is 14.6. The van der Waals surface area contributed by atoms with E-state index in [-0.39, 0.29) is 41.2 Å². The molecule has 2 aliphatic rings. The van der Waals surface area contributed by atoms with Gasteiger partial charge in [-0.05, 0) is 92.6 Å². The normalized spacial score (nSPS) is 14.7. The molecule has 11 nitrogen and oxygen atoms in total. The lowest BCUT2D eigenvalue weighted by Gasteiger charge is -2.20. The van der Waals surface area contributed by atoms with E-state index < -0.39 is 48.4 Å². The number of hydrogen-bond donors (Lipinski definition) is 2. The van der Waals surface area contributed by atoms with Gasteiger partial charge in [-0.25, -0.2) is 23.4 Å². The first kappa shape index (κ1) is 37.4. The third-order valence-corrected chi connectivity index (χ3v) is 9.88. The number of thiophene rings is 1. The van der Waals surface area contributed by atoms with Crippen LogP contribution in [-0.4, -0.2) is 72.1 Å². The Labute approximate surface area is 309 Å². The van der Waals surface area contributed by atoms with E-state index in [1.165, 1.54) is 23.5 Å². The average Bonchev–Trinajstić information content (AvgIpc) is 3.68. The molecule has 3 amide bonds. The smallest absolute Gasteiger partial charge is 0.407 e. The minimum atomic E-state index is -3.01. The first-order valence-corrected chi connectivity index (χ1v) is 17.9. The molecule has 2 N–H and O–H groups in total. The van der Waals surface area contributed by atoms with Crippen molar-refractivity contribution in [1.29, 1.82) is 0 Å². The Morgan fingerprint density at radius 1 is 1.02 bits per heavy atom. The summed E-state index contributed by atoms with van der Waals surface area (Å²) >= 11 is 1.52. The Kier molecular flexibility index (Phi) is 10.3. The number of alkyl halides is 2. The van der Waals surface area contributed by atoms with Crippen molar-refractivity contribution in [3.63, 3.8) is 0 Å². The van der Waals surface area contributed by atoms with Crippen molar-refractivity contribution >= 4 is 40.9 Å². The molecule has 2 aromatic heterocycles. The van der Waals surface area contributed by atoms with Gasteiger partial charge in [0.1, 0.15) is 17.0 Å². The van der Waals surface area contributed by atoms with E-state index in [1.807, 2.05) is 37.4 Å². The summed E-state index contributed by atoms with van der Waals surface area (Å²) < 4.78 is 44.5. The Morgan fingerprint density at radius 2 is 1.75 bits per heavy atom. The summed E-state index contributed by atoms with van der Waals surface area (Å²) in [5.74, 6) is -4.65. The number of alkyl carbamates (subject to hydrolysis) is 1. The molecule has 14 heteroatoms. The highest BCUT2D eigenvalue weighted by molar-refractivity contribution is 7.13. The second-order valence-electron chi connectivity index (χ2n) is 14.1. The first-order valence-electron chi connectivity index (χ1n) is 17.1. The van der Waals surface area contributed by atoms with E-state index in [4.69, 9.17) is 14.2 Å². The van der Waals surface area contributed by atoms with Gasteiger partial charge in [0.25, 0.3) is 17.7 Å². The van der Waals surface area contributed by atoms with Crippen molar-refractivity contribution in [3.8, 4) is 27.3 Å². The van der Waals surface area contributed by atoms with Gasteiger partial charge in [0, 0.05) is 58.7 Å². The van der Waals surface area contributed by atoms with Crippen LogP contribution in [0.4, 0.5) is 19.3 Å². The maximum absolute atomic E-state index is 14.4. The molecule has 0 aliphatic carbocycles. The number of aromatic nitrogens is 1. The van der Waals surface area contributed by atoms with Crippen LogP contribution in [0.25, 0.3) is 21.6 Å². The fourth-order valence-corrected chi connectivity index (χ4v) is 7.44. The number of pyridine rings is 1. The number of halogens is 2. The van der Waals surface area contributed by atoms with Crippen molar-refractivity contribution < 1.29 is 42.2 Å². The summed E-state index contributed by atoms with van der Waals surface area (Å²) in [7, 11) is 1.16. The molecule has 53 heavy (non-hydrogen) atoms. The van der Waals surface area contributed by atoms with Gasteiger partial charge >= 0.3 is 12.1 Å². The van der Waals surface area contributed by atoms with Crippen LogP contribution in [0.1, 0.15) is 80.8 Å². The van der Waals surface area contributed by atoms with E-state index in [1.54, 1.807) is 32.9 Å². The number of likely N-dealkylation sites (tertiary alicyclic amines) is 1. The molecule has 0 radical (unpaired) electrons. The number of esters is 1. The molecule has 0 saturated carbocycles. The summed E-state index contributed by atoms with van der Waals surface area (Å²) in [6, 6.07) is 11.9. The van der Waals surface area contributed by atoms with Gasteiger partial charge in [-0.2, -0.15) is 0 Å². The Hall–Kier alpha value is -5.37. The number of carbonyl (C=O) groups is 4. The monoisotopic (exact) mass is 746 g/mol. The summed E-state index contributed by atoms with van der Waals surface area (Å²) in [6.45, 7) is 8.72. The number of aryl methyl sites for hydroxylation is 2. The second-order valence-corrected chi connectivity index (χ2v) is 15.0. The van der Waals surface area contributed by atoms with Crippen molar-refractivity contribution in [3.05, 3.63) is 87.0 Å². The molecule has 4 heterocycles. The van der Waals surface area contributed by atoms with Gasteiger partial charge < -0.3 is 29.7 Å². The average molecular weight is 747 g/mol. The zero-order chi connectivity index (χ0) is 38.2. The minimum Gasteiger partial charge on any atom is -0.493 e. The van der Waals surface area contributed by atoms with Crippen LogP contribution >= 0.6 is 11.3 Å². The van der Waals surface area contributed by atoms with Crippen LogP contribution in [-0.2, 0) is 22.4 Å². The quantitative estimate of drug-likeness (QED) is 0.185. The number of ether oxygens (including phenoxy) is 3. The highest BCUT2D eigenvalue weighted by atomic mass is 32.1. The number of carbonyl (C=O) groups excluding carboxylic acids is 4. The maximum atomic E-state index is 14.4. The molecular formula is C39H40F2N4O7S. The number of benzene rings is 2. The molecule has 2 aliphatic heterocycles. The Morgan fingerprint density at radius 3 is 2.42 bits per heavy atom. The molecule has 2 aromatic carbocycles. The molecule has 4 aromatic rings. The number of nitrogens with zero attached hydrogens (tertiary/aromatic N) is 2. The minimum absolute atomic E-state index is 0.153. The zero-order valence-electron chi connectivity index (χ0n) is 30.3. The predicted octanol–water partition coefficient (Wildman–Crippen LogP) is 7.57. The van der Waals surface area contributed by atoms with Gasteiger partial charge in [-0.15, -0.1) is 11.3 Å². The molecule has 6 rings (SSSR count). The number of nitrogens with one attached hydrogen (secondary N) is 2. The zero-order valence-corrected chi connectivity index (χ0v) is 31.1. The van der Waals surface area contributed by atoms with E-state index in [0.29, 0.717) is 30.0 Å². The topological polar surface area (TPSA) is 136 Å². The summed E-state index contributed by atoms with van der Waals surface area (Å²) in [5.41, 5.74) is 4.16. The number of fused-ring (bicyclic) bond motifs is 3. The lowest BCUT2D eigenvalue weighted by molar-refractivity contribution is 0.0119. The highest BCUT2D eigenvalue weighted by Crippen LogP contribution is 2.43. The van der Waals surface area contributed by atoms with Crippen LogP contribution in [0.5, 0.6) is 5.75 Å². The van der Waals surface area contributed by atoms with Crippen molar-refractivity contribution in [1.82, 2.24) is 15.2 Å². The van der Waals surface area contributed by atoms with Gasteiger partial charge in [0.05, 0.1) is 20.3 Å². The van der Waals surface area contributed by atoms with Crippen molar-refractivity contribution in [2.24, 2.45) is 0 Å². The standard InChI is InChI=1S/C39H40F2N4O7S/c1-21-15-23(19-42-37(49)52-38(3,4)5)16-22(2)31(21)44-34(46)27-17-28-30(51-13-9-24-10-14-53-33(24)28)18-26(27)25-7-8-29(43-32(25)36(48)50-6)35(47)45-12-11-39(40,41)20-45/h7-8,10,14-18H,9,11-13,19-20H2,1-6H3,(H,42,49)(H,44,46). The van der Waals surface area contributed by atoms with Gasteiger partial charge in [0.15, 0.2) is 5.69 Å². The molecule has 1 saturated heterocycles. The SMILES string of the molecule is COC(=O)c1nc(C(=O)N2CCC(F)(F)C2)ccc1-c1cc2c(cc1C(=O)Nc1c(C)cc(CNC(=O)OC(C)(C)C)cc1C)-c1sccc1CCO2. The lowest BCUT2D eigenvalue weighted by Crippen LogP contribution is -2.32. The molecular weight excluding hydrogens is 707 g/mol. The summed E-state index contributed by atoms with van der Waals surface area (Å²) in [6.07, 6.45) is -0.362. The van der Waals surface area contributed by atoms with Crippen LogP contribution in [0.15, 0.2) is 47.8 Å². The van der Waals surface area contributed by atoms with E-state index in [0.717, 1.165) is 39.1 Å². The van der Waals surface area contributed by atoms with Crippen LogP contribution < -0.4 is 15.4 Å². The fraction of sp³-hybridized carbons (Fsp3) is 0.359. The Bertz CT molecular complexity index is 2100. The van der Waals surface area contributed by atoms with Crippen molar-refractivity contribution in [2.75, 3.05) is 32.1 Å². The third-order valence-electron chi connectivity index (χ3n) is 8.89. The summed E-state index contributed by atoms with van der Waals surface area (Å²) in [5, 5.41) is 7.78. The molecule has 0 unspecified atom stereocenters. The first-order chi connectivity index (χ1) is 25.0. The molecule has 278 valence electrons. The van der Waals surface area contributed by atoms with E-state index in [9.17, 15) is 28.0 Å². The van der Waals surface area contributed by atoms with Crippen molar-refractivity contribution in [2.45, 2.75) is 65.5 Å². The summed E-state index contributed by atoms with van der Waals surface area (Å²) in [4.78, 5) is 59.4. The van der Waals surface area contributed by atoms with Gasteiger partial charge in [-0.3, -0.25) is 9.59 Å².